The van der Waals surface area contributed by atoms with Gasteiger partial charge < -0.3 is 24.5 Å². The molecule has 1 heterocycles. The normalized spacial score (nSPS) is 11.3. The van der Waals surface area contributed by atoms with Gasteiger partial charge in [-0.05, 0) is 35.9 Å². The molecule has 148 valence electrons. The summed E-state index contributed by atoms with van der Waals surface area (Å²) < 4.78 is 16.0. The third-order valence-corrected chi connectivity index (χ3v) is 4.96. The Morgan fingerprint density at radius 3 is 2.32 bits per heavy atom. The minimum atomic E-state index is -0.310. The lowest BCUT2D eigenvalue weighted by molar-refractivity contribution is 0.0939. The van der Waals surface area contributed by atoms with Crippen LogP contribution in [0.5, 0.6) is 17.2 Å². The molecule has 0 aliphatic rings. The molecule has 3 rings (SSSR count). The van der Waals surface area contributed by atoms with Crippen molar-refractivity contribution in [2.24, 2.45) is 0 Å². The van der Waals surface area contributed by atoms with Crippen molar-refractivity contribution in [1.29, 1.82) is 0 Å². The van der Waals surface area contributed by atoms with Crippen LogP contribution in [-0.2, 0) is 5.41 Å². The van der Waals surface area contributed by atoms with E-state index < -0.39 is 0 Å². The standard InChI is InChI=1S/C22H26N2O4/c1-22(2,16-12-23-17-10-9-14(26-3)11-15(16)17)13-24-21(25)20-18(27-4)7-6-8-19(20)28-5/h6-12,23H,13H2,1-5H3,(H,24,25). The molecule has 0 saturated heterocycles. The monoisotopic (exact) mass is 382 g/mol. The molecule has 1 aromatic heterocycles. The van der Waals surface area contributed by atoms with E-state index in [2.05, 4.69) is 24.1 Å². The first-order valence-electron chi connectivity index (χ1n) is 9.06. The second-order valence-electron chi connectivity index (χ2n) is 7.22. The summed E-state index contributed by atoms with van der Waals surface area (Å²) in [4.78, 5) is 16.2. The van der Waals surface area contributed by atoms with Crippen LogP contribution in [0.15, 0.2) is 42.6 Å². The summed E-state index contributed by atoms with van der Waals surface area (Å²) in [5, 5.41) is 4.10. The summed E-state index contributed by atoms with van der Waals surface area (Å²) in [7, 11) is 4.73. The van der Waals surface area contributed by atoms with Gasteiger partial charge in [-0.25, -0.2) is 0 Å². The van der Waals surface area contributed by atoms with Gasteiger partial charge in [0.1, 0.15) is 22.8 Å². The van der Waals surface area contributed by atoms with Crippen LogP contribution in [0.4, 0.5) is 0 Å². The quantitative estimate of drug-likeness (QED) is 0.650. The number of amides is 1. The third-order valence-electron chi connectivity index (χ3n) is 4.96. The molecular weight excluding hydrogens is 356 g/mol. The molecule has 0 atom stereocenters. The summed E-state index contributed by atoms with van der Waals surface area (Å²) in [5.41, 5.74) is 2.22. The zero-order chi connectivity index (χ0) is 20.3. The molecule has 2 N–H and O–H groups in total. The maximum Gasteiger partial charge on any atom is 0.258 e. The summed E-state index contributed by atoms with van der Waals surface area (Å²) in [6.45, 7) is 4.63. The van der Waals surface area contributed by atoms with Crippen molar-refractivity contribution in [2.45, 2.75) is 19.3 Å². The maximum absolute atomic E-state index is 12.9. The molecule has 28 heavy (non-hydrogen) atoms. The van der Waals surface area contributed by atoms with E-state index >= 15 is 0 Å². The van der Waals surface area contributed by atoms with Crippen molar-refractivity contribution in [2.75, 3.05) is 27.9 Å². The number of fused-ring (bicyclic) bond motifs is 1. The van der Waals surface area contributed by atoms with E-state index in [0.717, 1.165) is 22.2 Å². The van der Waals surface area contributed by atoms with Crippen LogP contribution in [0.1, 0.15) is 29.8 Å². The number of benzene rings is 2. The van der Waals surface area contributed by atoms with Gasteiger partial charge in [0.25, 0.3) is 5.91 Å². The number of ether oxygens (including phenoxy) is 3. The topological polar surface area (TPSA) is 72.6 Å². The Labute approximate surface area is 164 Å². The van der Waals surface area contributed by atoms with E-state index in [1.807, 2.05) is 24.4 Å². The van der Waals surface area contributed by atoms with E-state index in [-0.39, 0.29) is 11.3 Å². The fourth-order valence-corrected chi connectivity index (χ4v) is 3.35. The molecule has 3 aromatic rings. The van der Waals surface area contributed by atoms with Crippen molar-refractivity contribution in [3.05, 3.63) is 53.7 Å². The number of carbonyl (C=O) groups excluding carboxylic acids is 1. The highest BCUT2D eigenvalue weighted by molar-refractivity contribution is 5.99. The summed E-state index contributed by atoms with van der Waals surface area (Å²) in [6.07, 6.45) is 1.99. The molecule has 0 spiro atoms. The summed E-state index contributed by atoms with van der Waals surface area (Å²) >= 11 is 0. The number of aromatic nitrogens is 1. The number of hydrogen-bond acceptors (Lipinski definition) is 4. The summed E-state index contributed by atoms with van der Waals surface area (Å²) in [5.74, 6) is 1.52. The maximum atomic E-state index is 12.9. The van der Waals surface area contributed by atoms with E-state index in [1.165, 1.54) is 14.2 Å². The Balaban J connectivity index is 1.85. The fraction of sp³-hybridized carbons (Fsp3) is 0.318. The number of H-pyrrole nitrogens is 1. The highest BCUT2D eigenvalue weighted by atomic mass is 16.5. The van der Waals surface area contributed by atoms with E-state index in [0.29, 0.717) is 23.6 Å². The van der Waals surface area contributed by atoms with E-state index in [1.54, 1.807) is 25.3 Å². The number of rotatable bonds is 7. The van der Waals surface area contributed by atoms with Gasteiger partial charge in [-0.1, -0.05) is 19.9 Å². The second-order valence-corrected chi connectivity index (χ2v) is 7.22. The molecule has 0 radical (unpaired) electrons. The first-order chi connectivity index (χ1) is 13.4. The SMILES string of the molecule is COc1ccc2[nH]cc(C(C)(C)CNC(=O)c3c(OC)cccc3OC)c2c1. The number of carbonyl (C=O) groups is 1. The average Bonchev–Trinajstić information content (AvgIpc) is 3.15. The van der Waals surface area contributed by atoms with Crippen LogP contribution in [0.3, 0.4) is 0 Å². The Kier molecular flexibility index (Phi) is 5.49. The van der Waals surface area contributed by atoms with Crippen LogP contribution < -0.4 is 19.5 Å². The first kappa shape index (κ1) is 19.6. The molecule has 0 aliphatic heterocycles. The van der Waals surface area contributed by atoms with Gasteiger partial charge in [-0.2, -0.15) is 0 Å². The van der Waals surface area contributed by atoms with E-state index in [9.17, 15) is 4.79 Å². The zero-order valence-electron chi connectivity index (χ0n) is 16.9. The molecule has 6 heteroatoms. The minimum absolute atomic E-state index is 0.236. The van der Waals surface area contributed by atoms with Gasteiger partial charge in [0.2, 0.25) is 0 Å². The molecule has 1 amide bonds. The van der Waals surface area contributed by atoms with Crippen LogP contribution in [0.25, 0.3) is 10.9 Å². The van der Waals surface area contributed by atoms with Gasteiger partial charge in [-0.3, -0.25) is 4.79 Å². The predicted octanol–water partition coefficient (Wildman–Crippen LogP) is 3.90. The van der Waals surface area contributed by atoms with Crippen molar-refractivity contribution < 1.29 is 19.0 Å². The molecule has 0 saturated carbocycles. The van der Waals surface area contributed by atoms with Crippen LogP contribution >= 0.6 is 0 Å². The van der Waals surface area contributed by atoms with Crippen LogP contribution in [0.2, 0.25) is 0 Å². The minimum Gasteiger partial charge on any atom is -0.497 e. The van der Waals surface area contributed by atoms with Crippen LogP contribution in [0, 0.1) is 0 Å². The summed E-state index contributed by atoms with van der Waals surface area (Å²) in [6, 6.07) is 11.2. The van der Waals surface area contributed by atoms with Crippen molar-refractivity contribution in [3.63, 3.8) is 0 Å². The average molecular weight is 382 g/mol. The largest absolute Gasteiger partial charge is 0.497 e. The molecular formula is C22H26N2O4. The zero-order valence-corrected chi connectivity index (χ0v) is 16.9. The number of hydrogen-bond donors (Lipinski definition) is 2. The highest BCUT2D eigenvalue weighted by Gasteiger charge is 2.27. The van der Waals surface area contributed by atoms with Crippen molar-refractivity contribution >= 4 is 16.8 Å². The third kappa shape index (κ3) is 3.63. The Morgan fingerprint density at radius 2 is 1.71 bits per heavy atom. The van der Waals surface area contributed by atoms with Crippen molar-refractivity contribution in [3.8, 4) is 17.2 Å². The molecule has 0 fully saturated rings. The van der Waals surface area contributed by atoms with E-state index in [4.69, 9.17) is 14.2 Å². The fourth-order valence-electron chi connectivity index (χ4n) is 3.35. The van der Waals surface area contributed by atoms with Crippen molar-refractivity contribution in [1.82, 2.24) is 10.3 Å². The molecule has 2 aromatic carbocycles. The lowest BCUT2D eigenvalue weighted by Gasteiger charge is -2.25. The van der Waals surface area contributed by atoms with Gasteiger partial charge in [0.15, 0.2) is 0 Å². The Morgan fingerprint density at radius 1 is 1.04 bits per heavy atom. The first-order valence-corrected chi connectivity index (χ1v) is 9.06. The molecule has 0 bridgehead atoms. The van der Waals surface area contributed by atoms with Gasteiger partial charge >= 0.3 is 0 Å². The smallest absolute Gasteiger partial charge is 0.258 e. The van der Waals surface area contributed by atoms with Gasteiger partial charge in [0.05, 0.1) is 21.3 Å². The Hall–Kier alpha value is -3.15. The number of methoxy groups -OCH3 is 3. The molecule has 0 aliphatic carbocycles. The highest BCUT2D eigenvalue weighted by Crippen LogP contribution is 2.33. The van der Waals surface area contributed by atoms with Crippen LogP contribution in [-0.4, -0.2) is 38.8 Å². The lowest BCUT2D eigenvalue weighted by Crippen LogP contribution is -2.36. The number of nitrogens with one attached hydrogen (secondary N) is 2. The number of aromatic amines is 1. The van der Waals surface area contributed by atoms with Gasteiger partial charge in [-0.15, -0.1) is 0 Å². The molecule has 0 unspecified atom stereocenters. The Bertz CT molecular complexity index is 969. The second kappa shape index (κ2) is 7.84. The molecule has 6 nitrogen and oxygen atoms in total. The predicted molar refractivity (Wildman–Crippen MR) is 110 cm³/mol. The lowest BCUT2D eigenvalue weighted by atomic mass is 9.84. The van der Waals surface area contributed by atoms with Gasteiger partial charge in [0, 0.05) is 29.1 Å².